The monoisotopic (exact) mass is 475 g/mol. The van der Waals surface area contributed by atoms with E-state index in [4.69, 9.17) is 9.94 Å². The van der Waals surface area contributed by atoms with Crippen LogP contribution in [0.4, 0.5) is 0 Å². The fourth-order valence-electron chi connectivity index (χ4n) is 5.06. The minimum Gasteiger partial charge on any atom is -0.481 e. The minimum absolute atomic E-state index is 0.0568. The molecule has 4 rings (SSSR count). The first-order valence-electron chi connectivity index (χ1n) is 12.2. The number of carbonyl (C=O) groups is 2. The molecule has 0 bridgehead atoms. The predicted octanol–water partition coefficient (Wildman–Crippen LogP) is 4.81. The number of hydrogen-bond acceptors (Lipinski definition) is 5. The largest absolute Gasteiger partial charge is 0.481 e. The number of hydrogen-bond donors (Lipinski definition) is 2. The quantitative estimate of drug-likeness (QED) is 0.378. The van der Waals surface area contributed by atoms with E-state index in [1.807, 2.05) is 35.4 Å². The molecule has 7 heteroatoms. The summed E-state index contributed by atoms with van der Waals surface area (Å²) in [6, 6.07) is 14.1. The Morgan fingerprint density at radius 3 is 2.71 bits per heavy atom. The van der Waals surface area contributed by atoms with Crippen LogP contribution in [0, 0.1) is 19.8 Å². The summed E-state index contributed by atoms with van der Waals surface area (Å²) in [5.41, 5.74) is 7.28. The van der Waals surface area contributed by atoms with Gasteiger partial charge in [-0.3, -0.25) is 19.8 Å². The number of hydroxylamine groups is 1. The van der Waals surface area contributed by atoms with E-state index >= 15 is 0 Å². The number of nitrogens with zero attached hydrogens (tertiary/aromatic N) is 2. The average Bonchev–Trinajstić information content (AvgIpc) is 2.86. The van der Waals surface area contributed by atoms with Crippen LogP contribution in [-0.4, -0.2) is 46.1 Å². The lowest BCUT2D eigenvalue weighted by Gasteiger charge is -2.34. The summed E-state index contributed by atoms with van der Waals surface area (Å²) >= 11 is 0. The third kappa shape index (κ3) is 5.62. The van der Waals surface area contributed by atoms with Gasteiger partial charge in [0.05, 0.1) is 5.52 Å². The molecule has 7 nitrogen and oxygen atoms in total. The minimum atomic E-state index is -0.631. The van der Waals surface area contributed by atoms with Gasteiger partial charge in [-0.05, 0) is 86.4 Å². The zero-order chi connectivity index (χ0) is 24.9. The number of carbonyl (C=O) groups excluding carboxylic acids is 2. The molecule has 2 amide bonds. The first-order valence-corrected chi connectivity index (χ1v) is 12.2. The number of benzene rings is 2. The summed E-state index contributed by atoms with van der Waals surface area (Å²) in [4.78, 5) is 30.8. The number of aryl methyl sites for hydroxylation is 2. The number of amides is 2. The van der Waals surface area contributed by atoms with Crippen molar-refractivity contribution in [2.75, 3.05) is 13.1 Å². The molecule has 0 aliphatic carbocycles. The Labute approximate surface area is 206 Å². The van der Waals surface area contributed by atoms with E-state index in [9.17, 15) is 9.59 Å². The van der Waals surface area contributed by atoms with Gasteiger partial charge in [-0.25, -0.2) is 5.48 Å². The molecule has 35 heavy (non-hydrogen) atoms. The molecule has 1 saturated heterocycles. The van der Waals surface area contributed by atoms with Gasteiger partial charge < -0.3 is 9.64 Å². The molecule has 1 aliphatic rings. The van der Waals surface area contributed by atoms with E-state index in [1.54, 1.807) is 12.4 Å². The third-order valence-corrected chi connectivity index (χ3v) is 6.86. The van der Waals surface area contributed by atoms with Crippen LogP contribution in [0.25, 0.3) is 22.0 Å². The van der Waals surface area contributed by atoms with Crippen LogP contribution in [0.1, 0.15) is 43.7 Å². The number of pyridine rings is 1. The van der Waals surface area contributed by atoms with Gasteiger partial charge in [0, 0.05) is 37.2 Å². The lowest BCUT2D eigenvalue weighted by atomic mass is 9.93. The highest BCUT2D eigenvalue weighted by Gasteiger charge is 2.28. The van der Waals surface area contributed by atoms with E-state index in [2.05, 4.69) is 37.0 Å². The van der Waals surface area contributed by atoms with E-state index in [1.165, 1.54) is 16.7 Å². The Balaban J connectivity index is 1.47. The van der Waals surface area contributed by atoms with Crippen LogP contribution in [0.15, 0.2) is 48.7 Å². The van der Waals surface area contributed by atoms with E-state index < -0.39 is 12.0 Å². The molecule has 0 spiro atoms. The molecule has 0 unspecified atom stereocenters. The fourth-order valence-corrected chi connectivity index (χ4v) is 5.06. The summed E-state index contributed by atoms with van der Waals surface area (Å²) in [5, 5.41) is 9.74. The highest BCUT2D eigenvalue weighted by atomic mass is 16.5. The van der Waals surface area contributed by atoms with Crippen LogP contribution in [-0.2, 0) is 9.59 Å². The van der Waals surface area contributed by atoms with Crippen molar-refractivity contribution >= 4 is 22.7 Å². The molecule has 3 aromatic rings. The Bertz CT molecular complexity index is 1210. The molecule has 2 atom stereocenters. The molecule has 2 heterocycles. The van der Waals surface area contributed by atoms with Crippen molar-refractivity contribution in [1.29, 1.82) is 0 Å². The summed E-state index contributed by atoms with van der Waals surface area (Å²) in [5.74, 6) is 0.400. The number of aromatic nitrogens is 1. The Hall–Kier alpha value is -3.45. The normalized spacial score (nSPS) is 16.7. The first-order chi connectivity index (χ1) is 16.9. The molecule has 2 aromatic carbocycles. The van der Waals surface area contributed by atoms with Gasteiger partial charge in [0.15, 0.2) is 6.10 Å². The number of nitrogens with one attached hydrogen (secondary N) is 1. The van der Waals surface area contributed by atoms with Crippen LogP contribution >= 0.6 is 0 Å². The number of fused-ring (bicyclic) bond motifs is 1. The van der Waals surface area contributed by atoms with Gasteiger partial charge in [-0.2, -0.15) is 0 Å². The van der Waals surface area contributed by atoms with E-state index in [0.717, 1.165) is 29.3 Å². The topological polar surface area (TPSA) is 91.8 Å². The Morgan fingerprint density at radius 2 is 1.97 bits per heavy atom. The Morgan fingerprint density at radius 1 is 1.20 bits per heavy atom. The van der Waals surface area contributed by atoms with Gasteiger partial charge >= 0.3 is 0 Å². The lowest BCUT2D eigenvalue weighted by molar-refractivity contribution is -0.139. The second-order valence-corrected chi connectivity index (χ2v) is 9.43. The standard InChI is InChI=1S/C28H33N3O4/c1-18-6-4-7-19(2)27(18)24-13-14-29-25-16-22(10-11-23(24)25)35-20(3)28(33)31-15-5-8-21(17-31)9-12-26(32)30-34/h4,6-7,10-11,13-14,16,20-21,34H,5,8-9,12,15,17H2,1-3H3,(H,30,32)/t20-,21-/m1/s1. The number of likely N-dealkylation sites (tertiary alicyclic amines) is 1. The molecule has 1 aromatic heterocycles. The summed E-state index contributed by atoms with van der Waals surface area (Å²) in [6.45, 7) is 7.30. The van der Waals surface area contributed by atoms with Gasteiger partial charge in [0.2, 0.25) is 5.91 Å². The molecule has 1 aliphatic heterocycles. The number of piperidine rings is 1. The third-order valence-electron chi connectivity index (χ3n) is 6.86. The lowest BCUT2D eigenvalue weighted by Crippen LogP contribution is -2.45. The van der Waals surface area contributed by atoms with Gasteiger partial charge in [0.1, 0.15) is 5.75 Å². The van der Waals surface area contributed by atoms with Crippen molar-refractivity contribution in [3.8, 4) is 16.9 Å². The molecule has 0 saturated carbocycles. The molecular weight excluding hydrogens is 442 g/mol. The number of ether oxygens (including phenoxy) is 1. The van der Waals surface area contributed by atoms with Crippen molar-refractivity contribution in [3.63, 3.8) is 0 Å². The summed E-state index contributed by atoms with van der Waals surface area (Å²) in [6.07, 6.45) is 3.94. The molecule has 0 radical (unpaired) electrons. The smallest absolute Gasteiger partial charge is 0.263 e. The van der Waals surface area contributed by atoms with E-state index in [-0.39, 0.29) is 18.2 Å². The van der Waals surface area contributed by atoms with Crippen molar-refractivity contribution in [1.82, 2.24) is 15.4 Å². The average molecular weight is 476 g/mol. The highest BCUT2D eigenvalue weighted by molar-refractivity contribution is 5.96. The van der Waals surface area contributed by atoms with Crippen LogP contribution in [0.5, 0.6) is 5.75 Å². The zero-order valence-corrected chi connectivity index (χ0v) is 20.6. The van der Waals surface area contributed by atoms with Crippen LogP contribution in [0.2, 0.25) is 0 Å². The summed E-state index contributed by atoms with van der Waals surface area (Å²) < 4.78 is 6.05. The van der Waals surface area contributed by atoms with Gasteiger partial charge in [0.25, 0.3) is 5.91 Å². The van der Waals surface area contributed by atoms with Crippen LogP contribution < -0.4 is 10.2 Å². The fraction of sp³-hybridized carbons (Fsp3) is 0.393. The van der Waals surface area contributed by atoms with Crippen molar-refractivity contribution < 1.29 is 19.5 Å². The van der Waals surface area contributed by atoms with Gasteiger partial charge in [-0.1, -0.05) is 18.2 Å². The molecule has 2 N–H and O–H groups in total. The Kier molecular flexibility index (Phi) is 7.66. The molecule has 1 fully saturated rings. The maximum atomic E-state index is 13.1. The van der Waals surface area contributed by atoms with E-state index in [0.29, 0.717) is 25.3 Å². The second kappa shape index (κ2) is 10.9. The first kappa shape index (κ1) is 24.7. The van der Waals surface area contributed by atoms with Crippen LogP contribution in [0.3, 0.4) is 0 Å². The molecular formula is C28H33N3O4. The molecule has 184 valence electrons. The second-order valence-electron chi connectivity index (χ2n) is 9.43. The maximum absolute atomic E-state index is 13.1. The highest BCUT2D eigenvalue weighted by Crippen LogP contribution is 2.34. The van der Waals surface area contributed by atoms with Crippen molar-refractivity contribution in [2.45, 2.75) is 52.6 Å². The zero-order valence-electron chi connectivity index (χ0n) is 20.6. The SMILES string of the molecule is Cc1cccc(C)c1-c1ccnc2cc(O[C@H](C)C(=O)N3CCC[C@H](CCC(=O)NO)C3)ccc12. The maximum Gasteiger partial charge on any atom is 0.263 e. The van der Waals surface area contributed by atoms with Gasteiger partial charge in [-0.15, -0.1) is 0 Å². The number of rotatable bonds is 7. The summed E-state index contributed by atoms with van der Waals surface area (Å²) in [7, 11) is 0. The predicted molar refractivity (Wildman–Crippen MR) is 135 cm³/mol. The van der Waals surface area contributed by atoms with Crippen molar-refractivity contribution in [2.24, 2.45) is 5.92 Å². The van der Waals surface area contributed by atoms with Crippen molar-refractivity contribution in [3.05, 3.63) is 59.8 Å².